The summed E-state index contributed by atoms with van der Waals surface area (Å²) < 4.78 is 0. The van der Waals surface area contributed by atoms with E-state index in [4.69, 9.17) is 5.26 Å². The first-order valence-corrected chi connectivity index (χ1v) is 7.13. The summed E-state index contributed by atoms with van der Waals surface area (Å²) in [6.07, 6.45) is 0.239. The zero-order chi connectivity index (χ0) is 15.2. The van der Waals surface area contributed by atoms with E-state index < -0.39 is 6.10 Å². The molecule has 0 aromatic heterocycles. The van der Waals surface area contributed by atoms with E-state index in [0.29, 0.717) is 18.5 Å². The average Bonchev–Trinajstić information content (AvgIpc) is 2.54. The molecule has 2 aromatic rings. The molecule has 3 nitrogen and oxygen atoms in total. The number of hydrogen-bond donors (Lipinski definition) is 1. The number of para-hydroxylation sites is 1. The van der Waals surface area contributed by atoms with Crippen molar-refractivity contribution in [3.63, 3.8) is 0 Å². The molecule has 2 rings (SSSR count). The molecule has 0 heterocycles. The minimum absolute atomic E-state index is 0.450. The molecular weight excluding hydrogens is 260 g/mol. The molecule has 0 fully saturated rings. The van der Waals surface area contributed by atoms with Gasteiger partial charge in [-0.15, -0.1) is 0 Å². The molecule has 0 saturated carbocycles. The van der Waals surface area contributed by atoms with Crippen molar-refractivity contribution in [1.82, 2.24) is 0 Å². The third-order valence-corrected chi connectivity index (χ3v) is 3.57. The highest BCUT2D eigenvalue weighted by molar-refractivity contribution is 5.54. The molecule has 2 aromatic carbocycles. The maximum Gasteiger partial charge on any atom is 0.0991 e. The highest BCUT2D eigenvalue weighted by atomic mass is 16.3. The smallest absolute Gasteiger partial charge is 0.0991 e. The maximum absolute atomic E-state index is 10.1. The highest BCUT2D eigenvalue weighted by Gasteiger charge is 2.13. The van der Waals surface area contributed by atoms with E-state index >= 15 is 0 Å². The van der Waals surface area contributed by atoms with Crippen LogP contribution in [0, 0.1) is 11.3 Å². The van der Waals surface area contributed by atoms with Gasteiger partial charge in [0.05, 0.1) is 17.7 Å². The molecule has 1 N–H and O–H groups in total. The second-order valence-corrected chi connectivity index (χ2v) is 5.15. The number of benzene rings is 2. The van der Waals surface area contributed by atoms with Gasteiger partial charge in [0.2, 0.25) is 0 Å². The second kappa shape index (κ2) is 6.92. The topological polar surface area (TPSA) is 47.3 Å². The Hall–Kier alpha value is -2.31. The summed E-state index contributed by atoms with van der Waals surface area (Å²) in [5, 5.41) is 19.1. The second-order valence-electron chi connectivity index (χ2n) is 5.15. The van der Waals surface area contributed by atoms with Crippen molar-refractivity contribution in [3.05, 3.63) is 65.2 Å². The number of rotatable bonds is 5. The van der Waals surface area contributed by atoms with E-state index in [0.717, 1.165) is 16.8 Å². The zero-order valence-electron chi connectivity index (χ0n) is 12.5. The van der Waals surface area contributed by atoms with E-state index in [1.165, 1.54) is 0 Å². The Morgan fingerprint density at radius 3 is 2.67 bits per heavy atom. The lowest BCUT2D eigenvalue weighted by molar-refractivity contribution is 0.174. The summed E-state index contributed by atoms with van der Waals surface area (Å²) in [7, 11) is 2.00. The van der Waals surface area contributed by atoms with Crippen molar-refractivity contribution in [2.45, 2.75) is 26.0 Å². The normalized spacial score (nSPS) is 11.7. The molecule has 0 radical (unpaired) electrons. The molecule has 0 aliphatic heterocycles. The van der Waals surface area contributed by atoms with Crippen LogP contribution in [0.4, 0.5) is 5.69 Å². The van der Waals surface area contributed by atoms with Crippen LogP contribution in [0.3, 0.4) is 0 Å². The molecule has 0 aliphatic carbocycles. The quantitative estimate of drug-likeness (QED) is 0.909. The Morgan fingerprint density at radius 2 is 1.95 bits per heavy atom. The van der Waals surface area contributed by atoms with Gasteiger partial charge in [0.25, 0.3) is 0 Å². The van der Waals surface area contributed by atoms with Crippen molar-refractivity contribution < 1.29 is 5.11 Å². The predicted molar refractivity (Wildman–Crippen MR) is 85.0 cm³/mol. The molecule has 0 saturated heterocycles. The predicted octanol–water partition coefficient (Wildman–Crippen LogP) is 3.64. The van der Waals surface area contributed by atoms with Gasteiger partial charge in [-0.1, -0.05) is 37.3 Å². The van der Waals surface area contributed by atoms with Crippen LogP contribution < -0.4 is 4.90 Å². The number of hydrogen-bond acceptors (Lipinski definition) is 3. The zero-order valence-corrected chi connectivity index (χ0v) is 12.5. The Bertz CT molecular complexity index is 646. The summed E-state index contributed by atoms with van der Waals surface area (Å²) >= 11 is 0. The summed E-state index contributed by atoms with van der Waals surface area (Å²) in [5.74, 6) is 0. The Kier molecular flexibility index (Phi) is 4.97. The van der Waals surface area contributed by atoms with Gasteiger partial charge in [-0.05, 0) is 30.2 Å². The number of aliphatic hydroxyl groups is 1. The molecular formula is C18H20N2O. The number of nitriles is 1. The molecule has 21 heavy (non-hydrogen) atoms. The lowest BCUT2D eigenvalue weighted by atomic mass is 10.0. The average molecular weight is 280 g/mol. The number of anilines is 1. The first-order chi connectivity index (χ1) is 10.2. The lowest BCUT2D eigenvalue weighted by Crippen LogP contribution is -2.19. The van der Waals surface area contributed by atoms with Crippen molar-refractivity contribution in [1.29, 1.82) is 5.26 Å². The van der Waals surface area contributed by atoms with Crippen LogP contribution >= 0.6 is 0 Å². The summed E-state index contributed by atoms with van der Waals surface area (Å²) in [6, 6.07) is 17.7. The Morgan fingerprint density at radius 1 is 1.19 bits per heavy atom. The van der Waals surface area contributed by atoms with Crippen LogP contribution in [0.25, 0.3) is 0 Å². The minimum atomic E-state index is -0.450. The molecule has 0 amide bonds. The Labute approximate surface area is 126 Å². The molecule has 1 atom stereocenters. The standard InChI is InChI=1S/C18H20N2O/c1-3-18(21)16-9-4-5-10-17(16)20(2)13-15-8-6-7-14(11-15)12-19/h4-11,18,21H,3,13H2,1-2H3/t18-/m0/s1. The van der Waals surface area contributed by atoms with Gasteiger partial charge in [0.1, 0.15) is 0 Å². The minimum Gasteiger partial charge on any atom is -0.388 e. The van der Waals surface area contributed by atoms with Gasteiger partial charge in [0, 0.05) is 24.8 Å². The summed E-state index contributed by atoms with van der Waals surface area (Å²) in [5.41, 5.74) is 3.72. The van der Waals surface area contributed by atoms with Crippen molar-refractivity contribution in [2.75, 3.05) is 11.9 Å². The van der Waals surface area contributed by atoms with E-state index in [1.54, 1.807) is 6.07 Å². The Balaban J connectivity index is 2.24. The SMILES string of the molecule is CC[C@H](O)c1ccccc1N(C)Cc1cccc(C#N)c1. The van der Waals surface area contributed by atoms with Gasteiger partial charge in [-0.2, -0.15) is 5.26 Å². The van der Waals surface area contributed by atoms with Crippen molar-refractivity contribution in [2.24, 2.45) is 0 Å². The van der Waals surface area contributed by atoms with Gasteiger partial charge < -0.3 is 10.0 Å². The molecule has 3 heteroatoms. The summed E-state index contributed by atoms with van der Waals surface area (Å²) in [6.45, 7) is 2.67. The van der Waals surface area contributed by atoms with E-state index in [1.807, 2.05) is 56.4 Å². The van der Waals surface area contributed by atoms with Crippen LogP contribution in [0.5, 0.6) is 0 Å². The van der Waals surface area contributed by atoms with Crippen LogP contribution in [0.2, 0.25) is 0 Å². The van der Waals surface area contributed by atoms with Gasteiger partial charge in [-0.25, -0.2) is 0 Å². The fourth-order valence-electron chi connectivity index (χ4n) is 2.44. The van der Waals surface area contributed by atoms with Gasteiger partial charge >= 0.3 is 0 Å². The first-order valence-electron chi connectivity index (χ1n) is 7.13. The largest absolute Gasteiger partial charge is 0.388 e. The molecule has 0 aliphatic rings. The third-order valence-electron chi connectivity index (χ3n) is 3.57. The van der Waals surface area contributed by atoms with Crippen LogP contribution in [-0.2, 0) is 6.54 Å². The first kappa shape index (κ1) is 15.1. The third kappa shape index (κ3) is 3.62. The summed E-state index contributed by atoms with van der Waals surface area (Å²) in [4.78, 5) is 2.10. The van der Waals surface area contributed by atoms with Crippen molar-refractivity contribution in [3.8, 4) is 6.07 Å². The van der Waals surface area contributed by atoms with Crippen LogP contribution in [-0.4, -0.2) is 12.2 Å². The van der Waals surface area contributed by atoms with Crippen molar-refractivity contribution >= 4 is 5.69 Å². The maximum atomic E-state index is 10.1. The van der Waals surface area contributed by atoms with E-state index in [9.17, 15) is 5.11 Å². The van der Waals surface area contributed by atoms with Gasteiger partial charge in [0.15, 0.2) is 0 Å². The molecule has 0 unspecified atom stereocenters. The molecule has 0 spiro atoms. The van der Waals surface area contributed by atoms with E-state index in [-0.39, 0.29) is 0 Å². The number of aliphatic hydroxyl groups excluding tert-OH is 1. The van der Waals surface area contributed by atoms with Crippen LogP contribution in [0.15, 0.2) is 48.5 Å². The molecule has 0 bridgehead atoms. The fraction of sp³-hybridized carbons (Fsp3) is 0.278. The lowest BCUT2D eigenvalue weighted by Gasteiger charge is -2.24. The van der Waals surface area contributed by atoms with E-state index in [2.05, 4.69) is 11.0 Å². The number of nitrogens with zero attached hydrogens (tertiary/aromatic N) is 2. The monoisotopic (exact) mass is 280 g/mol. The van der Waals surface area contributed by atoms with Crippen LogP contribution in [0.1, 0.15) is 36.1 Å². The fourth-order valence-corrected chi connectivity index (χ4v) is 2.44. The van der Waals surface area contributed by atoms with Gasteiger partial charge in [-0.3, -0.25) is 0 Å². The molecule has 108 valence electrons. The highest BCUT2D eigenvalue weighted by Crippen LogP contribution is 2.28.